The molecule has 2 fully saturated rings. The lowest BCUT2D eigenvalue weighted by molar-refractivity contribution is -0.134. The molecule has 0 N–H and O–H groups in total. The molecule has 0 radical (unpaired) electrons. The van der Waals surface area contributed by atoms with Gasteiger partial charge in [-0.1, -0.05) is 24.3 Å². The van der Waals surface area contributed by atoms with Gasteiger partial charge in [0.05, 0.1) is 12.1 Å². The number of hydrogen-bond acceptors (Lipinski definition) is 5. The van der Waals surface area contributed by atoms with Gasteiger partial charge in [0.15, 0.2) is 0 Å². The lowest BCUT2D eigenvalue weighted by Gasteiger charge is -2.43. The molecule has 1 aromatic heterocycles. The predicted molar refractivity (Wildman–Crippen MR) is 115 cm³/mol. The number of nitriles is 1. The van der Waals surface area contributed by atoms with Crippen molar-refractivity contribution in [3.8, 4) is 6.07 Å². The Kier molecular flexibility index (Phi) is 4.92. The number of rotatable bonds is 3. The number of carbonyl (C=O) groups is 1. The van der Waals surface area contributed by atoms with E-state index in [1.165, 1.54) is 11.1 Å². The number of nitrogens with zero attached hydrogens (tertiary/aromatic N) is 5. The van der Waals surface area contributed by atoms with Gasteiger partial charge in [0.2, 0.25) is 5.91 Å². The van der Waals surface area contributed by atoms with Crippen LogP contribution in [0.1, 0.15) is 42.5 Å². The monoisotopic (exact) mass is 401 g/mol. The fourth-order valence-corrected chi connectivity index (χ4v) is 5.40. The molecule has 0 spiro atoms. The maximum atomic E-state index is 13.2. The van der Waals surface area contributed by atoms with Crippen molar-refractivity contribution in [1.82, 2.24) is 14.8 Å². The maximum Gasteiger partial charge on any atom is 0.236 e. The molecule has 2 bridgehead atoms. The number of amides is 1. The smallest absolute Gasteiger partial charge is 0.236 e. The van der Waals surface area contributed by atoms with Crippen LogP contribution in [0.3, 0.4) is 0 Å². The Bertz CT molecular complexity index is 968. The third-order valence-electron chi connectivity index (χ3n) is 7.04. The molecule has 2 unspecified atom stereocenters. The predicted octanol–water partition coefficient (Wildman–Crippen LogP) is 2.75. The van der Waals surface area contributed by atoms with Gasteiger partial charge < -0.3 is 9.80 Å². The highest BCUT2D eigenvalue weighted by atomic mass is 16.2. The fourth-order valence-electron chi connectivity index (χ4n) is 5.40. The van der Waals surface area contributed by atoms with E-state index in [0.717, 1.165) is 44.7 Å². The van der Waals surface area contributed by atoms with Crippen molar-refractivity contribution in [3.63, 3.8) is 0 Å². The lowest BCUT2D eigenvalue weighted by Crippen LogP contribution is -2.57. The van der Waals surface area contributed by atoms with Gasteiger partial charge in [-0.2, -0.15) is 5.26 Å². The molecular weight excluding hydrogens is 374 g/mol. The second-order valence-electron chi connectivity index (χ2n) is 8.70. The van der Waals surface area contributed by atoms with Crippen LogP contribution in [0.2, 0.25) is 0 Å². The van der Waals surface area contributed by atoms with E-state index in [0.29, 0.717) is 24.2 Å². The summed E-state index contributed by atoms with van der Waals surface area (Å²) in [5.74, 6) is 1.17. The molecular formula is C24H27N5O. The van der Waals surface area contributed by atoms with Crippen molar-refractivity contribution in [2.45, 2.75) is 44.3 Å². The molecule has 5 rings (SSSR count). The van der Waals surface area contributed by atoms with E-state index >= 15 is 0 Å². The Hall–Kier alpha value is -2.91. The number of likely N-dealkylation sites (tertiary alicyclic amines) is 1. The number of anilines is 1. The van der Waals surface area contributed by atoms with E-state index in [9.17, 15) is 4.79 Å². The molecule has 0 saturated carbocycles. The van der Waals surface area contributed by atoms with Gasteiger partial charge in [-0.15, -0.1) is 0 Å². The Labute approximate surface area is 177 Å². The third-order valence-corrected chi connectivity index (χ3v) is 7.04. The van der Waals surface area contributed by atoms with Gasteiger partial charge in [-0.25, -0.2) is 4.98 Å². The van der Waals surface area contributed by atoms with Crippen molar-refractivity contribution in [2.75, 3.05) is 31.1 Å². The van der Waals surface area contributed by atoms with Crippen LogP contribution in [0.25, 0.3) is 0 Å². The standard InChI is InChI=1S/C24H27N5O/c1-17-22-5-3-2-4-19(22)10-11-27(17)16-24(30)28-14-20-7-8-21(15-28)29(20)23-9-6-18(12-25)13-26-23/h2-6,9,13,17,20-21H,7-8,10-11,14-16H2,1H3/t17?,20-,21?/m0/s1. The zero-order valence-corrected chi connectivity index (χ0v) is 17.4. The quantitative estimate of drug-likeness (QED) is 0.791. The molecule has 1 aromatic carbocycles. The van der Waals surface area contributed by atoms with Gasteiger partial charge in [0.1, 0.15) is 11.9 Å². The second-order valence-corrected chi connectivity index (χ2v) is 8.70. The molecule has 3 atom stereocenters. The second kappa shape index (κ2) is 7.73. The molecule has 6 heteroatoms. The van der Waals surface area contributed by atoms with Crippen LogP contribution in [-0.4, -0.2) is 59.0 Å². The molecule has 1 amide bonds. The van der Waals surface area contributed by atoms with E-state index in [1.54, 1.807) is 6.20 Å². The van der Waals surface area contributed by atoms with Gasteiger partial charge in [0, 0.05) is 44.0 Å². The molecule has 2 aromatic rings. The zero-order valence-electron chi connectivity index (χ0n) is 17.4. The van der Waals surface area contributed by atoms with Crippen LogP contribution in [0.15, 0.2) is 42.6 Å². The SMILES string of the molecule is CC1c2ccccc2CCN1CC(=O)N1CC2CC[C@@H](C1)N2c1ccc(C#N)cn1. The third kappa shape index (κ3) is 3.33. The maximum absolute atomic E-state index is 13.2. The molecule has 3 aliphatic heterocycles. The Morgan fingerprint density at radius 2 is 1.93 bits per heavy atom. The van der Waals surface area contributed by atoms with Crippen molar-refractivity contribution in [2.24, 2.45) is 0 Å². The van der Waals surface area contributed by atoms with E-state index in [-0.39, 0.29) is 11.9 Å². The fraction of sp³-hybridized carbons (Fsp3) is 0.458. The number of hydrogen-bond donors (Lipinski definition) is 0. The van der Waals surface area contributed by atoms with E-state index < -0.39 is 0 Å². The van der Waals surface area contributed by atoms with Gasteiger partial charge >= 0.3 is 0 Å². The Morgan fingerprint density at radius 1 is 1.17 bits per heavy atom. The van der Waals surface area contributed by atoms with Crippen LogP contribution in [-0.2, 0) is 11.2 Å². The molecule has 4 heterocycles. The molecule has 154 valence electrons. The number of benzene rings is 1. The van der Waals surface area contributed by atoms with Gasteiger partial charge in [0.25, 0.3) is 0 Å². The van der Waals surface area contributed by atoms with Crippen LogP contribution in [0.4, 0.5) is 5.82 Å². The summed E-state index contributed by atoms with van der Waals surface area (Å²) in [4.78, 5) is 24.4. The zero-order chi connectivity index (χ0) is 20.7. The highest BCUT2D eigenvalue weighted by Crippen LogP contribution is 2.34. The minimum Gasteiger partial charge on any atom is -0.347 e. The number of piperazine rings is 1. The Balaban J connectivity index is 1.25. The molecule has 2 saturated heterocycles. The summed E-state index contributed by atoms with van der Waals surface area (Å²) in [6.07, 6.45) is 4.83. The summed E-state index contributed by atoms with van der Waals surface area (Å²) >= 11 is 0. The lowest BCUT2D eigenvalue weighted by atomic mass is 9.93. The van der Waals surface area contributed by atoms with Crippen molar-refractivity contribution < 1.29 is 4.79 Å². The molecule has 6 nitrogen and oxygen atoms in total. The van der Waals surface area contributed by atoms with Gasteiger partial charge in [-0.3, -0.25) is 9.69 Å². The van der Waals surface area contributed by atoms with Gasteiger partial charge in [-0.05, 0) is 49.4 Å². The molecule has 30 heavy (non-hydrogen) atoms. The Morgan fingerprint density at radius 3 is 2.63 bits per heavy atom. The van der Waals surface area contributed by atoms with Crippen LogP contribution < -0.4 is 4.90 Å². The van der Waals surface area contributed by atoms with Crippen LogP contribution in [0, 0.1) is 11.3 Å². The minimum absolute atomic E-state index is 0.241. The molecule has 0 aliphatic carbocycles. The summed E-state index contributed by atoms with van der Waals surface area (Å²) in [6, 6.07) is 15.4. The minimum atomic E-state index is 0.241. The largest absolute Gasteiger partial charge is 0.347 e. The molecule has 3 aliphatic rings. The van der Waals surface area contributed by atoms with E-state index in [4.69, 9.17) is 5.26 Å². The summed E-state index contributed by atoms with van der Waals surface area (Å²) in [5.41, 5.74) is 3.35. The number of pyridine rings is 1. The van der Waals surface area contributed by atoms with E-state index in [2.05, 4.69) is 56.9 Å². The van der Waals surface area contributed by atoms with Crippen molar-refractivity contribution >= 4 is 11.7 Å². The summed E-state index contributed by atoms with van der Waals surface area (Å²) in [7, 11) is 0. The van der Waals surface area contributed by atoms with Crippen LogP contribution in [0.5, 0.6) is 0 Å². The topological polar surface area (TPSA) is 63.5 Å². The highest BCUT2D eigenvalue weighted by molar-refractivity contribution is 5.79. The first-order valence-corrected chi connectivity index (χ1v) is 10.9. The number of aromatic nitrogens is 1. The van der Waals surface area contributed by atoms with E-state index in [1.807, 2.05) is 12.1 Å². The van der Waals surface area contributed by atoms with Crippen molar-refractivity contribution in [1.29, 1.82) is 5.26 Å². The number of carbonyl (C=O) groups excluding carboxylic acids is 1. The summed E-state index contributed by atoms with van der Waals surface area (Å²) in [6.45, 7) is 5.16. The first-order valence-electron chi connectivity index (χ1n) is 10.9. The normalized spacial score (nSPS) is 25.7. The van der Waals surface area contributed by atoms with Crippen LogP contribution >= 0.6 is 0 Å². The summed E-state index contributed by atoms with van der Waals surface area (Å²) < 4.78 is 0. The first kappa shape index (κ1) is 19.1. The first-order chi connectivity index (χ1) is 14.6. The highest BCUT2D eigenvalue weighted by Gasteiger charge is 2.42. The average Bonchev–Trinajstić information content (AvgIpc) is 3.04. The number of fused-ring (bicyclic) bond motifs is 3. The average molecular weight is 402 g/mol. The van der Waals surface area contributed by atoms with Crippen molar-refractivity contribution in [3.05, 3.63) is 59.3 Å². The summed E-state index contributed by atoms with van der Waals surface area (Å²) in [5, 5.41) is 9.01.